The van der Waals surface area contributed by atoms with Crippen molar-refractivity contribution in [3.05, 3.63) is 29.5 Å². The second kappa shape index (κ2) is 9.74. The molecule has 0 fully saturated rings. The molecule has 2 rings (SSSR count). The highest BCUT2D eigenvalue weighted by atomic mass is 33.1. The van der Waals surface area contributed by atoms with Crippen LogP contribution in [0.5, 0.6) is 5.75 Å². The van der Waals surface area contributed by atoms with Crippen LogP contribution in [0.25, 0.3) is 10.9 Å². The van der Waals surface area contributed by atoms with E-state index in [0.717, 1.165) is 40.1 Å². The predicted molar refractivity (Wildman–Crippen MR) is 106 cm³/mol. The zero-order valence-corrected chi connectivity index (χ0v) is 16.0. The van der Waals surface area contributed by atoms with Gasteiger partial charge in [-0.25, -0.2) is 0 Å². The van der Waals surface area contributed by atoms with Crippen LogP contribution in [0.15, 0.2) is 18.2 Å². The summed E-state index contributed by atoms with van der Waals surface area (Å²) >= 11 is 0. The van der Waals surface area contributed by atoms with Crippen molar-refractivity contribution in [2.45, 2.75) is 13.3 Å². The summed E-state index contributed by atoms with van der Waals surface area (Å²) < 4.78 is 6.83. The number of methoxy groups -OCH3 is 1. The Morgan fingerprint density at radius 2 is 2.12 bits per heavy atom. The van der Waals surface area contributed by atoms with Gasteiger partial charge in [0, 0.05) is 35.7 Å². The van der Waals surface area contributed by atoms with Crippen LogP contribution in [-0.2, 0) is 16.0 Å². The number of carbonyl (C=O) groups is 2. The van der Waals surface area contributed by atoms with Crippen LogP contribution in [0, 0.1) is 6.92 Å². The fourth-order valence-corrected chi connectivity index (χ4v) is 4.36. The van der Waals surface area contributed by atoms with Gasteiger partial charge >= 0.3 is 0 Å². The standard InChI is InChI=1S/C17H23N3O3S2/c1-12-14(10-17(22)19-6-8-25-24-7-5-18)15-9-13(23-2)3-4-16(15)20(12)11-21/h3-4,9,11H,5-8,10,18H2,1-2H3,(H,19,22). The summed E-state index contributed by atoms with van der Waals surface area (Å²) in [6.45, 7) is 3.12. The van der Waals surface area contributed by atoms with Crippen molar-refractivity contribution in [2.75, 3.05) is 31.7 Å². The lowest BCUT2D eigenvalue weighted by Gasteiger charge is -2.06. The highest BCUT2D eigenvalue weighted by Gasteiger charge is 2.17. The molecule has 1 heterocycles. The van der Waals surface area contributed by atoms with Crippen molar-refractivity contribution in [3.8, 4) is 5.75 Å². The molecule has 2 aromatic rings. The van der Waals surface area contributed by atoms with Gasteiger partial charge < -0.3 is 15.8 Å². The van der Waals surface area contributed by atoms with E-state index in [0.29, 0.717) is 18.8 Å². The van der Waals surface area contributed by atoms with Crippen LogP contribution >= 0.6 is 21.6 Å². The summed E-state index contributed by atoms with van der Waals surface area (Å²) in [5.74, 6) is 2.38. The third-order valence-corrected chi connectivity index (χ3v) is 6.26. The smallest absolute Gasteiger partial charge is 0.224 e. The Bertz CT molecular complexity index is 746. The normalized spacial score (nSPS) is 10.8. The van der Waals surface area contributed by atoms with Gasteiger partial charge in [0.1, 0.15) is 5.75 Å². The van der Waals surface area contributed by atoms with Crippen molar-refractivity contribution < 1.29 is 14.3 Å². The molecule has 1 amide bonds. The Balaban J connectivity index is 2.08. The number of aromatic nitrogens is 1. The molecular formula is C17H23N3O3S2. The Labute approximate surface area is 155 Å². The predicted octanol–water partition coefficient (Wildman–Crippen LogP) is 2.00. The van der Waals surface area contributed by atoms with Crippen LogP contribution in [0.1, 0.15) is 11.3 Å². The Morgan fingerprint density at radius 1 is 1.36 bits per heavy atom. The van der Waals surface area contributed by atoms with E-state index in [-0.39, 0.29) is 12.3 Å². The number of hydrogen-bond acceptors (Lipinski definition) is 6. The number of fused-ring (bicyclic) bond motifs is 1. The van der Waals surface area contributed by atoms with E-state index in [1.807, 2.05) is 25.1 Å². The number of carbonyl (C=O) groups excluding carboxylic acids is 2. The third-order valence-electron chi connectivity index (χ3n) is 3.82. The van der Waals surface area contributed by atoms with Gasteiger partial charge in [-0.15, -0.1) is 0 Å². The summed E-state index contributed by atoms with van der Waals surface area (Å²) in [7, 11) is 5.00. The molecule has 1 aromatic heterocycles. The molecule has 0 aliphatic rings. The molecule has 0 radical (unpaired) electrons. The first-order valence-electron chi connectivity index (χ1n) is 7.96. The maximum Gasteiger partial charge on any atom is 0.224 e. The number of hydrogen-bond donors (Lipinski definition) is 2. The van der Waals surface area contributed by atoms with Gasteiger partial charge in [-0.2, -0.15) is 0 Å². The molecule has 0 aliphatic carbocycles. The van der Waals surface area contributed by atoms with Crippen LogP contribution < -0.4 is 15.8 Å². The Morgan fingerprint density at radius 3 is 2.80 bits per heavy atom. The number of nitrogens with one attached hydrogen (secondary N) is 1. The monoisotopic (exact) mass is 381 g/mol. The van der Waals surface area contributed by atoms with E-state index in [1.165, 1.54) is 0 Å². The van der Waals surface area contributed by atoms with Crippen LogP contribution in [0.3, 0.4) is 0 Å². The van der Waals surface area contributed by atoms with Crippen LogP contribution in [-0.4, -0.2) is 48.6 Å². The molecule has 0 spiro atoms. The van der Waals surface area contributed by atoms with Gasteiger partial charge in [0.05, 0.1) is 19.0 Å². The molecule has 0 saturated carbocycles. The van der Waals surface area contributed by atoms with E-state index in [2.05, 4.69) is 5.32 Å². The molecule has 3 N–H and O–H groups in total. The summed E-state index contributed by atoms with van der Waals surface area (Å²) in [5.41, 5.74) is 7.84. The fraction of sp³-hybridized carbons (Fsp3) is 0.412. The minimum absolute atomic E-state index is 0.0553. The van der Waals surface area contributed by atoms with E-state index in [1.54, 1.807) is 33.3 Å². The van der Waals surface area contributed by atoms with E-state index in [4.69, 9.17) is 10.5 Å². The molecule has 0 saturated heterocycles. The Hall–Kier alpha value is -1.64. The van der Waals surface area contributed by atoms with Crippen molar-refractivity contribution in [1.29, 1.82) is 0 Å². The Kier molecular flexibility index (Phi) is 7.67. The molecule has 0 bridgehead atoms. The molecule has 6 nitrogen and oxygen atoms in total. The highest BCUT2D eigenvalue weighted by Crippen LogP contribution is 2.29. The molecule has 25 heavy (non-hydrogen) atoms. The van der Waals surface area contributed by atoms with Gasteiger partial charge in [-0.05, 0) is 30.7 Å². The molecule has 1 aromatic carbocycles. The average Bonchev–Trinajstić information content (AvgIpc) is 2.88. The maximum atomic E-state index is 12.3. The summed E-state index contributed by atoms with van der Waals surface area (Å²) in [6.07, 6.45) is 1.01. The number of nitrogens with zero attached hydrogens (tertiary/aromatic N) is 1. The van der Waals surface area contributed by atoms with E-state index in [9.17, 15) is 9.59 Å². The lowest BCUT2D eigenvalue weighted by Crippen LogP contribution is -2.27. The van der Waals surface area contributed by atoms with Gasteiger partial charge in [-0.1, -0.05) is 21.6 Å². The lowest BCUT2D eigenvalue weighted by molar-refractivity contribution is -0.120. The topological polar surface area (TPSA) is 86.3 Å². The van der Waals surface area contributed by atoms with Crippen LogP contribution in [0.4, 0.5) is 0 Å². The van der Waals surface area contributed by atoms with Crippen LogP contribution in [0.2, 0.25) is 0 Å². The quantitative estimate of drug-likeness (QED) is 0.372. The second-order valence-electron chi connectivity index (χ2n) is 5.38. The summed E-state index contributed by atoms with van der Waals surface area (Å²) in [5, 5.41) is 3.79. The average molecular weight is 382 g/mol. The first-order chi connectivity index (χ1) is 12.1. The molecule has 8 heteroatoms. The minimum atomic E-state index is -0.0553. The number of rotatable bonds is 10. The van der Waals surface area contributed by atoms with Crippen molar-refractivity contribution >= 4 is 44.8 Å². The van der Waals surface area contributed by atoms with E-state index < -0.39 is 0 Å². The van der Waals surface area contributed by atoms with E-state index >= 15 is 0 Å². The lowest BCUT2D eigenvalue weighted by atomic mass is 10.1. The zero-order chi connectivity index (χ0) is 18.2. The number of ether oxygens (including phenoxy) is 1. The summed E-state index contributed by atoms with van der Waals surface area (Å²) in [6, 6.07) is 5.51. The fourth-order valence-electron chi connectivity index (χ4n) is 2.59. The summed E-state index contributed by atoms with van der Waals surface area (Å²) in [4.78, 5) is 23.7. The minimum Gasteiger partial charge on any atom is -0.497 e. The first-order valence-corrected chi connectivity index (χ1v) is 10.4. The van der Waals surface area contributed by atoms with Gasteiger partial charge in [0.25, 0.3) is 0 Å². The van der Waals surface area contributed by atoms with Crippen molar-refractivity contribution in [3.63, 3.8) is 0 Å². The molecule has 0 aliphatic heterocycles. The maximum absolute atomic E-state index is 12.3. The SMILES string of the molecule is COc1ccc2c(c1)c(CC(=O)NCCSSCCN)c(C)n2C=O. The number of benzene rings is 1. The third kappa shape index (κ3) is 4.93. The van der Waals surface area contributed by atoms with Gasteiger partial charge in [0.2, 0.25) is 12.3 Å². The van der Waals surface area contributed by atoms with Gasteiger partial charge in [-0.3, -0.25) is 14.2 Å². The number of nitrogens with two attached hydrogens (primary N) is 1. The van der Waals surface area contributed by atoms with Gasteiger partial charge in [0.15, 0.2) is 0 Å². The van der Waals surface area contributed by atoms with Crippen molar-refractivity contribution in [1.82, 2.24) is 9.88 Å². The molecular weight excluding hydrogens is 358 g/mol. The largest absolute Gasteiger partial charge is 0.497 e. The highest BCUT2D eigenvalue weighted by molar-refractivity contribution is 8.76. The first kappa shape index (κ1) is 19.7. The van der Waals surface area contributed by atoms with Crippen molar-refractivity contribution in [2.24, 2.45) is 5.73 Å². The zero-order valence-electron chi connectivity index (χ0n) is 14.4. The number of amides is 1. The second-order valence-corrected chi connectivity index (χ2v) is 8.08. The molecule has 0 unspecified atom stereocenters. The molecule has 136 valence electrons. The molecule has 0 atom stereocenters.